The van der Waals surface area contributed by atoms with Gasteiger partial charge in [0.1, 0.15) is 17.5 Å². The Morgan fingerprint density at radius 2 is 1.83 bits per heavy atom. The predicted octanol–water partition coefficient (Wildman–Crippen LogP) is 4.89. The van der Waals surface area contributed by atoms with Crippen LogP contribution in [0.4, 0.5) is 5.69 Å². The molecule has 42 heavy (non-hydrogen) atoms. The molecule has 1 aliphatic heterocycles. The first-order chi connectivity index (χ1) is 19.9. The Kier molecular flexibility index (Phi) is 9.30. The Balaban J connectivity index is 1.40. The maximum absolute atomic E-state index is 13.0. The van der Waals surface area contributed by atoms with Crippen LogP contribution in [0.2, 0.25) is 5.02 Å². The quantitative estimate of drug-likeness (QED) is 0.128. The van der Waals surface area contributed by atoms with Crippen molar-refractivity contribution >= 4 is 88.1 Å². The molecule has 4 aromatic rings. The van der Waals surface area contributed by atoms with E-state index >= 15 is 0 Å². The average molecular weight is 687 g/mol. The van der Waals surface area contributed by atoms with Gasteiger partial charge in [-0.3, -0.25) is 4.55 Å². The van der Waals surface area contributed by atoms with Crippen LogP contribution in [0.5, 0.6) is 5.75 Å². The summed E-state index contributed by atoms with van der Waals surface area (Å²) >= 11 is 6.96. The number of aromatic nitrogens is 1. The van der Waals surface area contributed by atoms with Gasteiger partial charge in [0.2, 0.25) is 5.52 Å². The lowest BCUT2D eigenvalue weighted by molar-refractivity contribution is -0.642. The largest absolute Gasteiger partial charge is 0.388 e. The summed E-state index contributed by atoms with van der Waals surface area (Å²) in [6.45, 7) is 0.507. The highest BCUT2D eigenvalue weighted by molar-refractivity contribution is 8.04. The van der Waals surface area contributed by atoms with Crippen molar-refractivity contribution in [3.8, 4) is 5.75 Å². The number of benzene rings is 3. The molecule has 0 saturated carbocycles. The zero-order valence-corrected chi connectivity index (χ0v) is 26.8. The third-order valence-electron chi connectivity index (χ3n) is 6.21. The summed E-state index contributed by atoms with van der Waals surface area (Å²) in [6.07, 6.45) is 2.80. The fourth-order valence-corrected chi connectivity index (χ4v) is 9.25. The number of hydrogen-bond donors (Lipinski definition) is 2. The number of fused-ring (bicyclic) bond motifs is 2. The highest BCUT2D eigenvalue weighted by Gasteiger charge is 2.28. The number of rotatable bonds is 11. The minimum atomic E-state index is -4.16. The minimum absolute atomic E-state index is 0.0645. The molecule has 0 bridgehead atoms. The summed E-state index contributed by atoms with van der Waals surface area (Å²) in [4.78, 5) is 2.99. The summed E-state index contributed by atoms with van der Waals surface area (Å²) in [5.74, 6) is -0.0511. The number of nitrogens with one attached hydrogen (secondary N) is 1. The normalized spacial score (nSPS) is 15.3. The molecule has 0 saturated heterocycles. The predicted molar refractivity (Wildman–Crippen MR) is 167 cm³/mol. The summed E-state index contributed by atoms with van der Waals surface area (Å²) in [7, 11) is -6.37. The fourth-order valence-electron chi connectivity index (χ4n) is 4.23. The molecule has 1 aromatic heterocycles. The van der Waals surface area contributed by atoms with E-state index < -0.39 is 31.4 Å². The van der Waals surface area contributed by atoms with E-state index in [2.05, 4.69) is 9.03 Å². The highest BCUT2D eigenvalue weighted by atomic mass is 35.5. The van der Waals surface area contributed by atoms with E-state index in [0.29, 0.717) is 29.9 Å². The Morgan fingerprint density at radius 1 is 1.07 bits per heavy atom. The first kappa shape index (κ1) is 30.9. The molecule has 10 nitrogen and oxygen atoms in total. The van der Waals surface area contributed by atoms with Gasteiger partial charge in [-0.1, -0.05) is 57.0 Å². The van der Waals surface area contributed by atoms with Gasteiger partial charge in [-0.2, -0.15) is 17.2 Å². The van der Waals surface area contributed by atoms with Crippen LogP contribution in [0, 0.1) is 0 Å². The van der Waals surface area contributed by atoms with Gasteiger partial charge in [0.15, 0.2) is 0 Å². The van der Waals surface area contributed by atoms with E-state index in [1.54, 1.807) is 54.2 Å². The van der Waals surface area contributed by atoms with Gasteiger partial charge in [0.05, 0.1) is 27.4 Å². The number of aryl methyl sites for hydroxylation is 1. The monoisotopic (exact) mass is 686 g/mol. The number of nitrogens with zero attached hydrogens (tertiary/aromatic N) is 2. The molecular weight excluding hydrogens is 662 g/mol. The van der Waals surface area contributed by atoms with Crippen LogP contribution in [0.25, 0.3) is 16.3 Å². The number of thiazole rings is 1. The first-order valence-corrected chi connectivity index (χ1v) is 18.6. The van der Waals surface area contributed by atoms with E-state index in [1.807, 2.05) is 29.8 Å². The maximum Gasteiger partial charge on any atom is 0.302 e. The Labute approximate surface area is 259 Å². The molecule has 0 spiro atoms. The lowest BCUT2D eigenvalue weighted by Gasteiger charge is -2.20. The van der Waals surface area contributed by atoms with Gasteiger partial charge >= 0.3 is 11.3 Å². The molecule has 2 heterocycles. The summed E-state index contributed by atoms with van der Waals surface area (Å²) < 4.78 is 79.6. The van der Waals surface area contributed by atoms with Gasteiger partial charge in [0.25, 0.3) is 25.1 Å². The van der Waals surface area contributed by atoms with Crippen LogP contribution in [0.15, 0.2) is 81.6 Å². The van der Waals surface area contributed by atoms with Gasteiger partial charge in [-0.05, 0) is 55.3 Å². The Morgan fingerprint density at radius 3 is 2.57 bits per heavy atom. The third kappa shape index (κ3) is 7.34. The number of halogens is 1. The number of para-hydroxylation sites is 1. The zero-order chi connectivity index (χ0) is 30.1. The first-order valence-electron chi connectivity index (χ1n) is 12.4. The second kappa shape index (κ2) is 12.6. The number of thioether (sulfide) groups is 1. The van der Waals surface area contributed by atoms with Crippen molar-refractivity contribution in [3.63, 3.8) is 0 Å². The van der Waals surface area contributed by atoms with Crippen LogP contribution in [-0.2, 0) is 38.5 Å². The van der Waals surface area contributed by atoms with E-state index in [0.717, 1.165) is 25.3 Å². The maximum atomic E-state index is 13.0. The SMILES string of the molecule is C[n+]1c(C=C2Sc3ccc(Cl)cc3N2CCCCS(=O)(=O)O)sc2ccc(S(=O)(=O)NS(=O)Oc3ccccc3)cc21. The smallest absolute Gasteiger partial charge is 0.302 e. The third-order valence-corrected chi connectivity index (χ3v) is 12.2. The van der Waals surface area contributed by atoms with E-state index in [1.165, 1.54) is 23.5 Å². The van der Waals surface area contributed by atoms with Crippen LogP contribution >= 0.6 is 34.7 Å². The average Bonchev–Trinajstić information content (AvgIpc) is 3.42. The number of unbranched alkanes of at least 4 members (excludes halogenated alkanes) is 1. The van der Waals surface area contributed by atoms with Gasteiger partial charge in [0, 0.05) is 22.5 Å². The van der Waals surface area contributed by atoms with Crippen LogP contribution < -0.4 is 17.8 Å². The van der Waals surface area contributed by atoms with Gasteiger partial charge < -0.3 is 9.08 Å². The van der Waals surface area contributed by atoms with Crippen LogP contribution in [-0.4, -0.2) is 37.9 Å². The molecule has 5 rings (SSSR count). The summed E-state index contributed by atoms with van der Waals surface area (Å²) in [5, 5.41) is 2.31. The number of anilines is 1. The molecule has 1 unspecified atom stereocenters. The van der Waals surface area contributed by atoms with E-state index in [9.17, 15) is 21.0 Å². The number of hydrogen-bond acceptors (Lipinski definition) is 9. The number of sulfonamides is 1. The van der Waals surface area contributed by atoms with E-state index in [-0.39, 0.29) is 16.4 Å². The van der Waals surface area contributed by atoms with Crippen molar-refractivity contribution in [1.29, 1.82) is 0 Å². The van der Waals surface area contributed by atoms with Crippen LogP contribution in [0.1, 0.15) is 17.8 Å². The summed E-state index contributed by atoms with van der Waals surface area (Å²) in [6, 6.07) is 18.5. The highest BCUT2D eigenvalue weighted by Crippen LogP contribution is 2.48. The molecule has 0 aliphatic carbocycles. The topological polar surface area (TPSA) is 134 Å². The molecule has 2 N–H and O–H groups in total. The standard InChI is InChI=1S/C26H24ClN3O7S5/c1-29-21-16-20(42(35,36)28-40(31)37-19-7-3-2-4-8-19)10-12-23(21)38-25(29)17-26-30(13-5-6-14-41(32,33)34)22-15-18(27)9-11-24(22)39-26/h2-4,7-12,15-17,28H,5-6,13-14H2,1H3/p+1. The molecule has 16 heteroatoms. The lowest BCUT2D eigenvalue weighted by atomic mass is 10.2. The summed E-state index contributed by atoms with van der Waals surface area (Å²) in [5.41, 5.74) is 1.56. The van der Waals surface area contributed by atoms with Crippen molar-refractivity contribution in [2.45, 2.75) is 22.6 Å². The van der Waals surface area contributed by atoms with Crippen molar-refractivity contribution in [2.75, 3.05) is 17.2 Å². The lowest BCUT2D eigenvalue weighted by Crippen LogP contribution is -2.31. The molecule has 0 radical (unpaired) electrons. The molecule has 222 valence electrons. The van der Waals surface area contributed by atoms with Crippen molar-refractivity contribution in [2.24, 2.45) is 7.05 Å². The molecule has 1 atom stereocenters. The second-order valence-corrected chi connectivity index (χ2v) is 16.1. The van der Waals surface area contributed by atoms with Crippen molar-refractivity contribution in [3.05, 3.63) is 81.8 Å². The van der Waals surface area contributed by atoms with Gasteiger partial charge in [-0.15, -0.1) is 0 Å². The minimum Gasteiger partial charge on any atom is -0.388 e. The zero-order valence-electron chi connectivity index (χ0n) is 22.0. The molecule has 3 aromatic carbocycles. The van der Waals surface area contributed by atoms with Crippen molar-refractivity contribution in [1.82, 2.24) is 4.13 Å². The van der Waals surface area contributed by atoms with E-state index in [4.69, 9.17) is 20.3 Å². The molecule has 0 fully saturated rings. The second-order valence-electron chi connectivity index (χ2n) is 9.19. The molecule has 1 aliphatic rings. The molecule has 0 amide bonds. The van der Waals surface area contributed by atoms with Crippen LogP contribution in [0.3, 0.4) is 0 Å². The van der Waals surface area contributed by atoms with Crippen molar-refractivity contribution < 1.29 is 34.3 Å². The molecular formula is C26H25ClN3O7S5+. The Bertz CT molecular complexity index is 1910. The Hall–Kier alpha value is -2.50. The van der Waals surface area contributed by atoms with Gasteiger partial charge in [-0.25, -0.2) is 8.42 Å². The fraction of sp³-hybridized carbons (Fsp3) is 0.192.